The smallest absolute Gasteiger partial charge is 0.329 e. The summed E-state index contributed by atoms with van der Waals surface area (Å²) in [5, 5.41) is 10.5. The van der Waals surface area contributed by atoms with Crippen molar-refractivity contribution in [2.45, 2.75) is 34.7 Å². The highest BCUT2D eigenvalue weighted by molar-refractivity contribution is 8.02. The minimum absolute atomic E-state index is 0.230. The number of thioether (sulfide) groups is 2. The number of nitrogens with zero attached hydrogens (tertiary/aromatic N) is 2. The first-order chi connectivity index (χ1) is 13.0. The van der Waals surface area contributed by atoms with E-state index in [0.29, 0.717) is 21.6 Å². The molecule has 2 rings (SSSR count). The standard InChI is InChI=1S/C17H22N4O3S3/c1-3-13(26-17-21-20-16(18)27-17)14(22)19-12(15(23)24-2)10-25-9-11-7-5-4-6-8-11/h4-8,12-13H,3,9-10H2,1-2H3,(H2,18,20)(H,19,22)/t12-,13-/m0/s1. The van der Waals surface area contributed by atoms with Crippen LogP contribution in [0.1, 0.15) is 18.9 Å². The fourth-order valence-electron chi connectivity index (χ4n) is 2.16. The Bertz CT molecular complexity index is 742. The zero-order valence-electron chi connectivity index (χ0n) is 15.1. The molecule has 0 bridgehead atoms. The molecule has 0 unspecified atom stereocenters. The van der Waals surface area contributed by atoms with Gasteiger partial charge in [-0.15, -0.1) is 10.2 Å². The molecule has 0 fully saturated rings. The van der Waals surface area contributed by atoms with Crippen LogP contribution in [0.3, 0.4) is 0 Å². The Kier molecular flexibility index (Phi) is 8.89. The summed E-state index contributed by atoms with van der Waals surface area (Å²) in [6, 6.07) is 9.24. The van der Waals surface area contributed by atoms with Gasteiger partial charge in [0, 0.05) is 11.5 Å². The number of anilines is 1. The maximum Gasteiger partial charge on any atom is 0.329 e. The van der Waals surface area contributed by atoms with Crippen molar-refractivity contribution in [2.75, 3.05) is 18.6 Å². The summed E-state index contributed by atoms with van der Waals surface area (Å²) in [4.78, 5) is 24.7. The van der Waals surface area contributed by atoms with Gasteiger partial charge in [0.2, 0.25) is 11.0 Å². The van der Waals surface area contributed by atoms with Crippen LogP contribution in [-0.2, 0) is 20.1 Å². The van der Waals surface area contributed by atoms with Crippen molar-refractivity contribution in [1.29, 1.82) is 0 Å². The summed E-state index contributed by atoms with van der Waals surface area (Å²) >= 11 is 4.09. The van der Waals surface area contributed by atoms with E-state index in [1.807, 2.05) is 37.3 Å². The average Bonchev–Trinajstić information content (AvgIpc) is 3.10. The topological polar surface area (TPSA) is 107 Å². The van der Waals surface area contributed by atoms with Crippen LogP contribution in [0, 0.1) is 0 Å². The Balaban J connectivity index is 1.92. The van der Waals surface area contributed by atoms with Crippen LogP contribution in [0.15, 0.2) is 34.7 Å². The molecule has 0 spiro atoms. The number of carbonyl (C=O) groups is 2. The molecule has 0 saturated carbocycles. The Morgan fingerprint density at radius 1 is 1.30 bits per heavy atom. The van der Waals surface area contributed by atoms with Crippen LogP contribution in [0.2, 0.25) is 0 Å². The van der Waals surface area contributed by atoms with Crippen molar-refractivity contribution in [1.82, 2.24) is 15.5 Å². The van der Waals surface area contributed by atoms with Crippen LogP contribution in [-0.4, -0.2) is 46.2 Å². The van der Waals surface area contributed by atoms with Gasteiger partial charge in [0.05, 0.1) is 12.4 Å². The number of nitrogens with two attached hydrogens (primary N) is 1. The predicted octanol–water partition coefficient (Wildman–Crippen LogP) is 2.58. The van der Waals surface area contributed by atoms with Crippen molar-refractivity contribution in [3.8, 4) is 0 Å². The SMILES string of the molecule is CC[C@H](Sc1nnc(N)s1)C(=O)N[C@@H](CSCc1ccccc1)C(=O)OC. The highest BCUT2D eigenvalue weighted by Crippen LogP contribution is 2.29. The van der Waals surface area contributed by atoms with Gasteiger partial charge in [-0.05, 0) is 12.0 Å². The molecular weight excluding hydrogens is 404 g/mol. The van der Waals surface area contributed by atoms with Gasteiger partial charge in [-0.3, -0.25) is 4.79 Å². The number of amides is 1. The molecule has 2 atom stereocenters. The fraction of sp³-hybridized carbons (Fsp3) is 0.412. The van der Waals surface area contributed by atoms with E-state index in [-0.39, 0.29) is 11.2 Å². The number of ether oxygens (including phenoxy) is 1. The molecule has 1 aromatic carbocycles. The third kappa shape index (κ3) is 7.04. The van der Waals surface area contributed by atoms with Crippen LogP contribution < -0.4 is 11.1 Å². The molecule has 10 heteroatoms. The lowest BCUT2D eigenvalue weighted by atomic mass is 10.2. The number of hydrogen-bond donors (Lipinski definition) is 2. The summed E-state index contributed by atoms with van der Waals surface area (Å²) in [5.41, 5.74) is 6.74. The first kappa shape index (κ1) is 21.5. The average molecular weight is 427 g/mol. The second-order valence-corrected chi connectivity index (χ2v) is 9.00. The van der Waals surface area contributed by atoms with Crippen molar-refractivity contribution in [2.24, 2.45) is 0 Å². The molecular formula is C17H22N4O3S3. The summed E-state index contributed by atoms with van der Waals surface area (Å²) in [5.74, 6) is 0.497. The maximum absolute atomic E-state index is 12.6. The third-order valence-corrected chi connectivity index (χ3v) is 6.83. The van der Waals surface area contributed by atoms with Crippen molar-refractivity contribution in [3.05, 3.63) is 35.9 Å². The lowest BCUT2D eigenvalue weighted by molar-refractivity contribution is -0.144. The largest absolute Gasteiger partial charge is 0.467 e. The molecule has 2 aromatic rings. The van der Waals surface area contributed by atoms with Crippen LogP contribution in [0.5, 0.6) is 0 Å². The summed E-state index contributed by atoms with van der Waals surface area (Å²) < 4.78 is 5.47. The number of nitrogens with one attached hydrogen (secondary N) is 1. The van der Waals surface area contributed by atoms with E-state index in [9.17, 15) is 9.59 Å². The van der Waals surface area contributed by atoms with Gasteiger partial charge in [0.1, 0.15) is 6.04 Å². The maximum atomic E-state index is 12.6. The van der Waals surface area contributed by atoms with E-state index < -0.39 is 12.0 Å². The van der Waals surface area contributed by atoms with Crippen LogP contribution in [0.25, 0.3) is 0 Å². The van der Waals surface area contributed by atoms with E-state index in [1.165, 1.54) is 30.2 Å². The Hall–Kier alpha value is -1.78. The van der Waals surface area contributed by atoms with Gasteiger partial charge < -0.3 is 15.8 Å². The zero-order chi connectivity index (χ0) is 19.6. The van der Waals surface area contributed by atoms with Crippen molar-refractivity contribution < 1.29 is 14.3 Å². The molecule has 0 radical (unpaired) electrons. The Morgan fingerprint density at radius 2 is 2.04 bits per heavy atom. The zero-order valence-corrected chi connectivity index (χ0v) is 17.5. The number of rotatable bonds is 10. The van der Waals surface area contributed by atoms with Crippen LogP contribution in [0.4, 0.5) is 5.13 Å². The molecule has 1 aromatic heterocycles. The van der Waals surface area contributed by atoms with Gasteiger partial charge in [0.15, 0.2) is 4.34 Å². The number of carbonyl (C=O) groups excluding carboxylic acids is 2. The summed E-state index contributed by atoms with van der Waals surface area (Å²) in [6.45, 7) is 1.90. The number of aromatic nitrogens is 2. The first-order valence-corrected chi connectivity index (χ1v) is 11.1. The minimum atomic E-state index is -0.703. The molecule has 27 heavy (non-hydrogen) atoms. The minimum Gasteiger partial charge on any atom is -0.467 e. The summed E-state index contributed by atoms with van der Waals surface area (Å²) in [6.07, 6.45) is 0.584. The quantitative estimate of drug-likeness (QED) is 0.441. The number of benzene rings is 1. The lowest BCUT2D eigenvalue weighted by Crippen LogP contribution is -2.46. The van der Waals surface area contributed by atoms with E-state index in [2.05, 4.69) is 15.5 Å². The predicted molar refractivity (Wildman–Crippen MR) is 111 cm³/mol. The van der Waals surface area contributed by atoms with Gasteiger partial charge in [-0.1, -0.05) is 60.4 Å². The highest BCUT2D eigenvalue weighted by Gasteiger charge is 2.26. The fourth-order valence-corrected chi connectivity index (χ4v) is 4.97. The van der Waals surface area contributed by atoms with Gasteiger partial charge in [0.25, 0.3) is 0 Å². The number of esters is 1. The Morgan fingerprint density at radius 3 is 2.63 bits per heavy atom. The second kappa shape index (κ2) is 11.2. The second-order valence-electron chi connectivity index (χ2n) is 5.51. The molecule has 0 aliphatic rings. The molecule has 1 amide bonds. The van der Waals surface area contributed by atoms with Gasteiger partial charge >= 0.3 is 5.97 Å². The van der Waals surface area contributed by atoms with Crippen molar-refractivity contribution >= 4 is 51.9 Å². The molecule has 0 aliphatic carbocycles. The van der Waals surface area contributed by atoms with E-state index in [4.69, 9.17) is 10.5 Å². The molecule has 7 nitrogen and oxygen atoms in total. The van der Waals surface area contributed by atoms with Gasteiger partial charge in [-0.2, -0.15) is 11.8 Å². The van der Waals surface area contributed by atoms with Crippen LogP contribution >= 0.6 is 34.9 Å². The number of nitrogen functional groups attached to an aromatic ring is 1. The molecule has 0 aliphatic heterocycles. The van der Waals surface area contributed by atoms with E-state index in [1.54, 1.807) is 11.8 Å². The molecule has 146 valence electrons. The van der Waals surface area contributed by atoms with E-state index in [0.717, 1.165) is 11.3 Å². The first-order valence-electron chi connectivity index (χ1n) is 8.29. The summed E-state index contributed by atoms with van der Waals surface area (Å²) in [7, 11) is 1.32. The Labute approximate surface area is 170 Å². The number of hydrogen-bond acceptors (Lipinski definition) is 9. The molecule has 1 heterocycles. The molecule has 3 N–H and O–H groups in total. The number of methoxy groups -OCH3 is 1. The van der Waals surface area contributed by atoms with Gasteiger partial charge in [-0.25, -0.2) is 4.79 Å². The monoisotopic (exact) mass is 426 g/mol. The van der Waals surface area contributed by atoms with E-state index >= 15 is 0 Å². The third-order valence-electron chi connectivity index (χ3n) is 3.53. The lowest BCUT2D eigenvalue weighted by Gasteiger charge is -2.19. The normalized spacial score (nSPS) is 13.0. The molecule has 0 saturated heterocycles. The highest BCUT2D eigenvalue weighted by atomic mass is 32.2. The van der Waals surface area contributed by atoms with Crippen molar-refractivity contribution in [3.63, 3.8) is 0 Å².